The summed E-state index contributed by atoms with van der Waals surface area (Å²) >= 11 is 0. The summed E-state index contributed by atoms with van der Waals surface area (Å²) in [6, 6.07) is 16.6. The van der Waals surface area contributed by atoms with Gasteiger partial charge in [0, 0.05) is 31.7 Å². The molecule has 2 atom stereocenters. The number of carbonyl (C=O) groups excluding carboxylic acids is 1. The summed E-state index contributed by atoms with van der Waals surface area (Å²) in [5, 5.41) is 3.16. The molecule has 0 spiro atoms. The van der Waals surface area contributed by atoms with E-state index in [-0.39, 0.29) is 29.2 Å². The van der Waals surface area contributed by atoms with Crippen molar-refractivity contribution in [1.82, 2.24) is 14.8 Å². The zero-order valence-corrected chi connectivity index (χ0v) is 20.8. The average molecular weight is 464 g/mol. The van der Waals surface area contributed by atoms with Crippen LogP contribution in [0.3, 0.4) is 0 Å². The van der Waals surface area contributed by atoms with E-state index in [4.69, 9.17) is 4.42 Å². The number of para-hydroxylation sites is 1. The van der Waals surface area contributed by atoms with E-state index < -0.39 is 0 Å². The molecule has 34 heavy (non-hydrogen) atoms. The molecule has 0 radical (unpaired) electrons. The third-order valence-electron chi connectivity index (χ3n) is 7.16. The van der Waals surface area contributed by atoms with Crippen LogP contribution in [0.5, 0.6) is 0 Å². The summed E-state index contributed by atoms with van der Waals surface area (Å²) < 4.78 is 7.16. The number of nitrogens with zero attached hydrogens (tertiary/aromatic N) is 2. The average Bonchev–Trinajstić information content (AvgIpc) is 3.12. The molecule has 1 aliphatic rings. The van der Waals surface area contributed by atoms with Crippen molar-refractivity contribution in [1.29, 1.82) is 0 Å². The van der Waals surface area contributed by atoms with Crippen LogP contribution in [0.4, 0.5) is 4.79 Å². The number of hydrogen-bond donors (Lipinski definition) is 1. The maximum Gasteiger partial charge on any atom is 0.419 e. The normalized spacial score (nSPS) is 18.9. The van der Waals surface area contributed by atoms with Crippen molar-refractivity contribution in [2.75, 3.05) is 13.1 Å². The van der Waals surface area contributed by atoms with E-state index in [1.54, 1.807) is 11.6 Å². The van der Waals surface area contributed by atoms with Crippen molar-refractivity contribution in [3.63, 3.8) is 0 Å². The van der Waals surface area contributed by atoms with Crippen molar-refractivity contribution in [3.05, 3.63) is 70.2 Å². The molecule has 0 aliphatic carbocycles. The predicted molar refractivity (Wildman–Crippen MR) is 136 cm³/mol. The molecule has 2 aromatic carbocycles. The summed E-state index contributed by atoms with van der Waals surface area (Å²) in [4.78, 5) is 27.3. The molecule has 1 fully saturated rings. The lowest BCUT2D eigenvalue weighted by molar-refractivity contribution is 0.0788. The number of piperidine rings is 1. The second-order valence-electron chi connectivity index (χ2n) is 10.6. The Morgan fingerprint density at radius 3 is 2.59 bits per heavy atom. The number of benzene rings is 2. The van der Waals surface area contributed by atoms with Gasteiger partial charge in [0.1, 0.15) is 0 Å². The second-order valence-corrected chi connectivity index (χ2v) is 10.6. The Morgan fingerprint density at radius 1 is 1.09 bits per heavy atom. The van der Waals surface area contributed by atoms with Crippen LogP contribution in [-0.4, -0.2) is 34.6 Å². The lowest BCUT2D eigenvalue weighted by Crippen LogP contribution is -2.54. The van der Waals surface area contributed by atoms with Gasteiger partial charge in [0.25, 0.3) is 0 Å². The molecule has 1 N–H and O–H groups in total. The van der Waals surface area contributed by atoms with Gasteiger partial charge in [0.2, 0.25) is 0 Å². The highest BCUT2D eigenvalue weighted by molar-refractivity contribution is 5.78. The molecule has 1 saturated heterocycles. The molecule has 4 rings (SSSR count). The number of aromatic nitrogens is 1. The maximum atomic E-state index is 13.1. The Morgan fingerprint density at radius 2 is 1.85 bits per heavy atom. The minimum Gasteiger partial charge on any atom is -0.407 e. The van der Waals surface area contributed by atoms with Crippen molar-refractivity contribution in [2.45, 2.75) is 64.8 Å². The van der Waals surface area contributed by atoms with E-state index in [0.717, 1.165) is 43.2 Å². The molecule has 6 nitrogen and oxygen atoms in total. The maximum absolute atomic E-state index is 13.1. The SMILES string of the molecule is Cn1c(=O)oc2c(C3CCN(C(=O)NCCCCc4ccccc4)C(C(C)(C)C)C3)cccc21. The van der Waals surface area contributed by atoms with Crippen LogP contribution in [0.2, 0.25) is 0 Å². The summed E-state index contributed by atoms with van der Waals surface area (Å²) in [7, 11) is 1.74. The summed E-state index contributed by atoms with van der Waals surface area (Å²) in [6.45, 7) is 7.98. The molecule has 0 bridgehead atoms. The lowest BCUT2D eigenvalue weighted by atomic mass is 9.75. The molecule has 1 aliphatic heterocycles. The number of nitrogens with one attached hydrogen (secondary N) is 1. The first-order valence-electron chi connectivity index (χ1n) is 12.4. The molecule has 2 amide bonds. The van der Waals surface area contributed by atoms with E-state index in [0.29, 0.717) is 18.7 Å². The molecule has 3 aromatic rings. The van der Waals surface area contributed by atoms with Gasteiger partial charge >= 0.3 is 11.8 Å². The van der Waals surface area contributed by atoms with E-state index in [1.165, 1.54) is 5.56 Å². The topological polar surface area (TPSA) is 67.5 Å². The van der Waals surface area contributed by atoms with E-state index in [1.807, 2.05) is 23.1 Å². The number of carbonyl (C=O) groups is 1. The highest BCUT2D eigenvalue weighted by Gasteiger charge is 2.39. The Bertz CT molecular complexity index is 1170. The van der Waals surface area contributed by atoms with Gasteiger partial charge in [0.15, 0.2) is 5.58 Å². The van der Waals surface area contributed by atoms with Gasteiger partial charge in [-0.05, 0) is 55.1 Å². The standard InChI is InChI=1S/C28H37N3O3/c1-28(2,3)24-19-21(22-14-10-15-23-25(22)34-27(33)30(23)4)16-18-31(24)26(32)29-17-9-8-13-20-11-6-5-7-12-20/h5-7,10-12,14-15,21,24H,8-9,13,16-19H2,1-4H3,(H,29,32). The predicted octanol–water partition coefficient (Wildman–Crippen LogP) is 5.46. The molecule has 6 heteroatoms. The monoisotopic (exact) mass is 463 g/mol. The molecule has 1 aromatic heterocycles. The first kappa shape index (κ1) is 24.1. The quantitative estimate of drug-likeness (QED) is 0.494. The summed E-state index contributed by atoms with van der Waals surface area (Å²) in [5.41, 5.74) is 3.86. The smallest absolute Gasteiger partial charge is 0.407 e. The Hall–Kier alpha value is -3.02. The number of fused-ring (bicyclic) bond motifs is 1. The van der Waals surface area contributed by atoms with Gasteiger partial charge in [-0.1, -0.05) is 63.2 Å². The fourth-order valence-corrected chi connectivity index (χ4v) is 5.20. The molecule has 0 saturated carbocycles. The van der Waals surface area contributed by atoms with Crippen LogP contribution < -0.4 is 11.1 Å². The number of oxazole rings is 1. The van der Waals surface area contributed by atoms with Gasteiger partial charge in [-0.2, -0.15) is 0 Å². The molecular formula is C28H37N3O3. The number of urea groups is 1. The summed E-state index contributed by atoms with van der Waals surface area (Å²) in [6.07, 6.45) is 4.76. The Balaban J connectivity index is 1.39. The number of rotatable bonds is 6. The highest BCUT2D eigenvalue weighted by atomic mass is 16.4. The van der Waals surface area contributed by atoms with Crippen molar-refractivity contribution in [3.8, 4) is 0 Å². The van der Waals surface area contributed by atoms with Gasteiger partial charge in [-0.3, -0.25) is 4.57 Å². The van der Waals surface area contributed by atoms with Gasteiger partial charge < -0.3 is 14.6 Å². The van der Waals surface area contributed by atoms with E-state index in [9.17, 15) is 9.59 Å². The highest BCUT2D eigenvalue weighted by Crippen LogP contribution is 2.40. The van der Waals surface area contributed by atoms with Crippen LogP contribution in [0, 0.1) is 5.41 Å². The summed E-state index contributed by atoms with van der Waals surface area (Å²) in [5.74, 6) is -0.0905. The van der Waals surface area contributed by atoms with Crippen molar-refractivity contribution in [2.24, 2.45) is 12.5 Å². The first-order chi connectivity index (χ1) is 16.3. The zero-order chi connectivity index (χ0) is 24.3. The third-order valence-corrected chi connectivity index (χ3v) is 7.16. The van der Waals surface area contributed by atoms with Crippen molar-refractivity contribution < 1.29 is 9.21 Å². The second kappa shape index (κ2) is 10.1. The van der Waals surface area contributed by atoms with Gasteiger partial charge in [0.05, 0.1) is 5.52 Å². The Labute approximate surface area is 201 Å². The number of amides is 2. The minimum atomic E-state index is -0.334. The van der Waals surface area contributed by atoms with Crippen molar-refractivity contribution >= 4 is 17.1 Å². The van der Waals surface area contributed by atoms with Crippen LogP contribution in [0.25, 0.3) is 11.1 Å². The number of unbranched alkanes of at least 4 members (excludes halogenated alkanes) is 1. The van der Waals surface area contributed by atoms with Gasteiger partial charge in [-0.25, -0.2) is 9.59 Å². The van der Waals surface area contributed by atoms with E-state index in [2.05, 4.69) is 56.4 Å². The van der Waals surface area contributed by atoms with Crippen LogP contribution in [-0.2, 0) is 13.5 Å². The third kappa shape index (κ3) is 5.21. The van der Waals surface area contributed by atoms with E-state index >= 15 is 0 Å². The molecule has 182 valence electrons. The fourth-order valence-electron chi connectivity index (χ4n) is 5.20. The fraction of sp³-hybridized carbons (Fsp3) is 0.500. The number of hydrogen-bond acceptors (Lipinski definition) is 3. The number of aryl methyl sites for hydroxylation is 2. The minimum absolute atomic E-state index is 0.0301. The first-order valence-corrected chi connectivity index (χ1v) is 12.4. The number of likely N-dealkylation sites (tertiary alicyclic amines) is 1. The van der Waals surface area contributed by atoms with Crippen LogP contribution in [0.15, 0.2) is 57.7 Å². The largest absolute Gasteiger partial charge is 0.419 e. The lowest BCUT2D eigenvalue weighted by Gasteiger charge is -2.46. The van der Waals surface area contributed by atoms with Gasteiger partial charge in [-0.15, -0.1) is 0 Å². The molecular weight excluding hydrogens is 426 g/mol. The zero-order valence-electron chi connectivity index (χ0n) is 20.8. The Kier molecular flexibility index (Phi) is 7.15. The molecule has 2 unspecified atom stereocenters. The molecule has 2 heterocycles. The van der Waals surface area contributed by atoms with Crippen LogP contribution >= 0.6 is 0 Å². The van der Waals surface area contributed by atoms with Crippen LogP contribution in [0.1, 0.15) is 63.5 Å².